The van der Waals surface area contributed by atoms with Gasteiger partial charge in [0.2, 0.25) is 5.91 Å². The van der Waals surface area contributed by atoms with Crippen LogP contribution in [-0.4, -0.2) is 67.9 Å². The summed E-state index contributed by atoms with van der Waals surface area (Å²) in [6.07, 6.45) is 1.55. The van der Waals surface area contributed by atoms with Gasteiger partial charge >= 0.3 is 0 Å². The molecule has 1 aromatic rings. The van der Waals surface area contributed by atoms with Gasteiger partial charge in [-0.25, -0.2) is 4.98 Å². The molecule has 7 heteroatoms. The molecule has 2 saturated heterocycles. The minimum atomic E-state index is -0.00741. The van der Waals surface area contributed by atoms with Crippen LogP contribution >= 0.6 is 0 Å². The summed E-state index contributed by atoms with van der Waals surface area (Å²) in [5, 5.41) is 8.83. The first-order chi connectivity index (χ1) is 10.7. The molecular weight excluding hydrogens is 284 g/mol. The van der Waals surface area contributed by atoms with Gasteiger partial charge < -0.3 is 19.3 Å². The Labute approximate surface area is 129 Å². The molecule has 7 nitrogen and oxygen atoms in total. The molecule has 3 rings (SSSR count). The van der Waals surface area contributed by atoms with Crippen LogP contribution in [0.4, 0.5) is 5.82 Å². The van der Waals surface area contributed by atoms with E-state index in [0.717, 1.165) is 5.82 Å². The number of pyridine rings is 1. The van der Waals surface area contributed by atoms with E-state index in [1.54, 1.807) is 19.4 Å². The van der Waals surface area contributed by atoms with Crippen LogP contribution in [0.25, 0.3) is 0 Å². The smallest absolute Gasteiger partial charge is 0.249 e. The number of ether oxygens (including phenoxy) is 2. The topological polar surface area (TPSA) is 78.7 Å². The predicted molar refractivity (Wildman–Crippen MR) is 78.3 cm³/mol. The Bertz CT molecular complexity index is 583. The zero-order chi connectivity index (χ0) is 15.5. The Morgan fingerprint density at radius 2 is 2.36 bits per heavy atom. The molecular formula is C15H18N4O3. The van der Waals surface area contributed by atoms with Gasteiger partial charge in [0.05, 0.1) is 24.3 Å². The maximum absolute atomic E-state index is 12.0. The van der Waals surface area contributed by atoms with Crippen LogP contribution in [-0.2, 0) is 14.3 Å². The number of aromatic nitrogens is 1. The van der Waals surface area contributed by atoms with Gasteiger partial charge in [-0.2, -0.15) is 5.26 Å². The van der Waals surface area contributed by atoms with Gasteiger partial charge in [-0.1, -0.05) is 0 Å². The molecule has 1 amide bonds. The molecule has 0 radical (unpaired) electrons. The molecule has 0 N–H and O–H groups in total. The average molecular weight is 302 g/mol. The third kappa shape index (κ3) is 2.75. The highest BCUT2D eigenvalue weighted by Gasteiger charge is 2.43. The van der Waals surface area contributed by atoms with Gasteiger partial charge in [0.25, 0.3) is 0 Å². The molecule has 2 atom stereocenters. The lowest BCUT2D eigenvalue weighted by atomic mass is 10.1. The van der Waals surface area contributed by atoms with Crippen LogP contribution in [0.5, 0.6) is 0 Å². The van der Waals surface area contributed by atoms with Crippen LogP contribution in [0.2, 0.25) is 0 Å². The van der Waals surface area contributed by atoms with Crippen molar-refractivity contribution >= 4 is 11.7 Å². The number of morpholine rings is 1. The minimum Gasteiger partial charge on any atom is -0.383 e. The fourth-order valence-electron chi connectivity index (χ4n) is 2.97. The number of carbonyl (C=O) groups excluding carboxylic acids is 1. The van der Waals surface area contributed by atoms with Crippen LogP contribution in [0.15, 0.2) is 18.3 Å². The number of fused-ring (bicyclic) bond motifs is 1. The Morgan fingerprint density at radius 3 is 3.05 bits per heavy atom. The maximum atomic E-state index is 12.0. The van der Waals surface area contributed by atoms with E-state index in [-0.39, 0.29) is 24.7 Å². The van der Waals surface area contributed by atoms with Crippen molar-refractivity contribution in [2.75, 3.05) is 44.9 Å². The van der Waals surface area contributed by atoms with Crippen molar-refractivity contribution in [1.82, 2.24) is 9.88 Å². The number of amides is 1. The number of carbonyl (C=O) groups is 1. The summed E-state index contributed by atoms with van der Waals surface area (Å²) in [6.45, 7) is 2.59. The number of nitrogens with zero attached hydrogens (tertiary/aromatic N) is 4. The van der Waals surface area contributed by atoms with Gasteiger partial charge in [-0.15, -0.1) is 0 Å². The monoisotopic (exact) mass is 302 g/mol. The predicted octanol–water partition coefficient (Wildman–Crippen LogP) is 0.0157. The summed E-state index contributed by atoms with van der Waals surface area (Å²) >= 11 is 0. The summed E-state index contributed by atoms with van der Waals surface area (Å²) in [6, 6.07) is 5.66. The van der Waals surface area contributed by atoms with E-state index in [1.165, 1.54) is 0 Å². The molecule has 0 spiro atoms. The van der Waals surface area contributed by atoms with E-state index >= 15 is 0 Å². The van der Waals surface area contributed by atoms with Crippen molar-refractivity contribution in [3.63, 3.8) is 0 Å². The summed E-state index contributed by atoms with van der Waals surface area (Å²) < 4.78 is 10.8. The summed E-state index contributed by atoms with van der Waals surface area (Å²) in [5.41, 5.74) is 0.536. The Morgan fingerprint density at radius 1 is 1.50 bits per heavy atom. The zero-order valence-corrected chi connectivity index (χ0v) is 12.4. The lowest BCUT2D eigenvalue weighted by Gasteiger charge is -2.36. The highest BCUT2D eigenvalue weighted by molar-refractivity contribution is 5.79. The molecule has 22 heavy (non-hydrogen) atoms. The molecule has 0 aliphatic carbocycles. The fourth-order valence-corrected chi connectivity index (χ4v) is 2.97. The molecule has 2 unspecified atom stereocenters. The summed E-state index contributed by atoms with van der Waals surface area (Å²) in [7, 11) is 1.63. The fraction of sp³-hybridized carbons (Fsp3) is 0.533. The van der Waals surface area contributed by atoms with Gasteiger partial charge in [0, 0.05) is 32.9 Å². The molecule has 2 aliphatic rings. The quantitative estimate of drug-likeness (QED) is 0.780. The van der Waals surface area contributed by atoms with E-state index in [9.17, 15) is 4.79 Å². The highest BCUT2D eigenvalue weighted by atomic mass is 16.5. The number of hydrogen-bond donors (Lipinski definition) is 0. The van der Waals surface area contributed by atoms with Crippen LogP contribution in [0, 0.1) is 11.3 Å². The molecule has 2 fully saturated rings. The Balaban J connectivity index is 1.73. The standard InChI is InChI=1S/C15H18N4O3/c1-21-5-4-19-12-8-18(9-13(12)22-10-15(19)20)14-3-2-11(6-16)7-17-14/h2-3,7,12-13H,4-5,8-10H2,1H3. The van der Waals surface area contributed by atoms with Crippen molar-refractivity contribution in [2.45, 2.75) is 12.1 Å². The highest BCUT2D eigenvalue weighted by Crippen LogP contribution is 2.26. The van der Waals surface area contributed by atoms with E-state index in [1.807, 2.05) is 11.0 Å². The lowest BCUT2D eigenvalue weighted by Crippen LogP contribution is -2.54. The molecule has 0 saturated carbocycles. The maximum Gasteiger partial charge on any atom is 0.249 e. The van der Waals surface area contributed by atoms with Crippen LogP contribution < -0.4 is 4.90 Å². The number of methoxy groups -OCH3 is 1. The molecule has 2 aliphatic heterocycles. The molecule has 116 valence electrons. The Hall–Kier alpha value is -2.17. The van der Waals surface area contributed by atoms with Gasteiger partial charge in [0.1, 0.15) is 18.5 Å². The van der Waals surface area contributed by atoms with Crippen molar-refractivity contribution in [2.24, 2.45) is 0 Å². The number of anilines is 1. The first-order valence-corrected chi connectivity index (χ1v) is 7.24. The first kappa shape index (κ1) is 14.8. The van der Waals surface area contributed by atoms with Gasteiger partial charge in [-0.05, 0) is 12.1 Å². The summed E-state index contributed by atoms with van der Waals surface area (Å²) in [4.78, 5) is 20.3. The van der Waals surface area contributed by atoms with Crippen molar-refractivity contribution in [1.29, 1.82) is 5.26 Å². The van der Waals surface area contributed by atoms with Crippen molar-refractivity contribution in [3.05, 3.63) is 23.9 Å². The third-order valence-corrected chi connectivity index (χ3v) is 4.12. The second-order valence-electron chi connectivity index (χ2n) is 5.42. The van der Waals surface area contributed by atoms with Crippen molar-refractivity contribution in [3.8, 4) is 6.07 Å². The normalized spacial score (nSPS) is 24.3. The summed E-state index contributed by atoms with van der Waals surface area (Å²) in [5.74, 6) is 0.809. The molecule has 1 aromatic heterocycles. The minimum absolute atomic E-state index is 0.00735. The van der Waals surface area contributed by atoms with Crippen LogP contribution in [0.3, 0.4) is 0 Å². The van der Waals surface area contributed by atoms with Crippen molar-refractivity contribution < 1.29 is 14.3 Å². The Kier molecular flexibility index (Phi) is 4.22. The third-order valence-electron chi connectivity index (χ3n) is 4.12. The second-order valence-corrected chi connectivity index (χ2v) is 5.42. The zero-order valence-electron chi connectivity index (χ0n) is 12.4. The van der Waals surface area contributed by atoms with Gasteiger partial charge in [0.15, 0.2) is 0 Å². The SMILES string of the molecule is COCCN1C(=O)COC2CN(c3ccc(C#N)cn3)CC21. The number of rotatable bonds is 4. The largest absolute Gasteiger partial charge is 0.383 e. The first-order valence-electron chi connectivity index (χ1n) is 7.24. The number of hydrogen-bond acceptors (Lipinski definition) is 6. The number of nitriles is 1. The second kappa shape index (κ2) is 6.30. The van der Waals surface area contributed by atoms with E-state index in [2.05, 4.69) is 16.0 Å². The molecule has 0 bridgehead atoms. The molecule has 3 heterocycles. The van der Waals surface area contributed by atoms with Crippen LogP contribution in [0.1, 0.15) is 5.56 Å². The average Bonchev–Trinajstić information content (AvgIpc) is 2.98. The molecule has 0 aromatic carbocycles. The van der Waals surface area contributed by atoms with E-state index < -0.39 is 0 Å². The van der Waals surface area contributed by atoms with Gasteiger partial charge in [-0.3, -0.25) is 4.79 Å². The van der Waals surface area contributed by atoms with E-state index in [4.69, 9.17) is 14.7 Å². The lowest BCUT2D eigenvalue weighted by molar-refractivity contribution is -0.153. The van der Waals surface area contributed by atoms with E-state index in [0.29, 0.717) is 31.8 Å².